The van der Waals surface area contributed by atoms with Gasteiger partial charge in [-0.15, -0.1) is 22.7 Å². The lowest BCUT2D eigenvalue weighted by Crippen LogP contribution is -2.58. The summed E-state index contributed by atoms with van der Waals surface area (Å²) in [6.45, 7) is 1.25. The SMILES string of the molecule is Cc1nc(-c2cnccn2)sc1C(=O)c1cnc(C[C@H]2O[C@H](CO)[C@@H](O)[C@H](O)[C@@H]2O)s1. The third-order valence-electron chi connectivity index (χ3n) is 4.93. The molecular weight excluding hydrogens is 444 g/mol. The van der Waals surface area contributed by atoms with E-state index in [9.17, 15) is 25.2 Å². The predicted octanol–water partition coefficient (Wildman–Crippen LogP) is -0.0191. The maximum absolute atomic E-state index is 13.0. The van der Waals surface area contributed by atoms with Crippen molar-refractivity contribution in [1.82, 2.24) is 19.9 Å². The topological polar surface area (TPSA) is 159 Å². The number of hydrogen-bond acceptors (Lipinski definition) is 12. The van der Waals surface area contributed by atoms with Crippen LogP contribution in [0.3, 0.4) is 0 Å². The van der Waals surface area contributed by atoms with Crippen molar-refractivity contribution < 1.29 is 30.0 Å². The van der Waals surface area contributed by atoms with Gasteiger partial charge in [0.05, 0.1) is 39.4 Å². The van der Waals surface area contributed by atoms with E-state index in [1.54, 1.807) is 25.5 Å². The smallest absolute Gasteiger partial charge is 0.216 e. The molecule has 1 fully saturated rings. The molecule has 10 nitrogen and oxygen atoms in total. The number of thiazole rings is 2. The second-order valence-corrected chi connectivity index (χ2v) is 9.16. The number of rotatable bonds is 6. The first-order valence-corrected chi connectivity index (χ1v) is 11.1. The van der Waals surface area contributed by atoms with E-state index in [1.807, 2.05) is 0 Å². The molecule has 1 saturated heterocycles. The normalized spacial score (nSPS) is 26.2. The summed E-state index contributed by atoms with van der Waals surface area (Å²) in [5.74, 6) is -0.220. The average molecular weight is 465 g/mol. The maximum atomic E-state index is 13.0. The van der Waals surface area contributed by atoms with Crippen LogP contribution in [0.15, 0.2) is 24.8 Å². The van der Waals surface area contributed by atoms with Crippen LogP contribution in [0.2, 0.25) is 0 Å². The van der Waals surface area contributed by atoms with E-state index in [2.05, 4.69) is 19.9 Å². The molecule has 3 aromatic heterocycles. The highest BCUT2D eigenvalue weighted by Gasteiger charge is 2.43. The van der Waals surface area contributed by atoms with Gasteiger partial charge in [0.2, 0.25) is 5.78 Å². The van der Waals surface area contributed by atoms with Crippen LogP contribution in [0.5, 0.6) is 0 Å². The molecule has 164 valence electrons. The number of carbonyl (C=O) groups excluding carboxylic acids is 1. The van der Waals surface area contributed by atoms with E-state index in [0.717, 1.165) is 11.3 Å². The van der Waals surface area contributed by atoms with Gasteiger partial charge in [0.15, 0.2) is 0 Å². The van der Waals surface area contributed by atoms with E-state index < -0.39 is 37.1 Å². The molecule has 0 amide bonds. The Hall–Kier alpha value is -2.19. The number of ketones is 1. The monoisotopic (exact) mass is 464 g/mol. The average Bonchev–Trinajstić information content (AvgIpc) is 3.41. The number of aryl methyl sites for hydroxylation is 1. The van der Waals surface area contributed by atoms with E-state index in [0.29, 0.717) is 31.2 Å². The number of aliphatic hydroxyl groups excluding tert-OH is 4. The standard InChI is InChI=1S/C19H20N4O6S2/c1-8-18(31-19(23-8)9-5-20-2-3-21-9)16(27)12-6-22-13(30-12)4-10-14(25)17(28)15(26)11(7-24)29-10/h2-3,5-6,10-11,14-15,17,24-26,28H,4,7H2,1H3/t10-,11-,14-,15-,17-/m1/s1. The Bertz CT molecular complexity index is 1060. The third kappa shape index (κ3) is 4.41. The Labute approximate surface area is 184 Å². The van der Waals surface area contributed by atoms with Crippen molar-refractivity contribution in [2.24, 2.45) is 0 Å². The van der Waals surface area contributed by atoms with Crippen LogP contribution in [0.4, 0.5) is 0 Å². The van der Waals surface area contributed by atoms with Crippen LogP contribution in [-0.2, 0) is 11.2 Å². The molecule has 0 bridgehead atoms. The molecule has 0 unspecified atom stereocenters. The second-order valence-electron chi connectivity index (χ2n) is 7.04. The van der Waals surface area contributed by atoms with Crippen LogP contribution in [-0.4, -0.2) is 83.3 Å². The molecule has 4 rings (SSSR count). The molecule has 5 atom stereocenters. The molecule has 31 heavy (non-hydrogen) atoms. The Balaban J connectivity index is 1.50. The second kappa shape index (κ2) is 9.12. The number of carbonyl (C=O) groups is 1. The summed E-state index contributed by atoms with van der Waals surface area (Å²) in [4.78, 5) is 30.8. The largest absolute Gasteiger partial charge is 0.394 e. The zero-order valence-electron chi connectivity index (χ0n) is 16.3. The lowest BCUT2D eigenvalue weighted by atomic mass is 9.94. The molecule has 4 heterocycles. The van der Waals surface area contributed by atoms with Gasteiger partial charge in [0.1, 0.15) is 35.1 Å². The molecule has 3 aromatic rings. The number of nitrogens with zero attached hydrogens (tertiary/aromatic N) is 4. The van der Waals surface area contributed by atoms with Crippen molar-refractivity contribution in [3.8, 4) is 10.7 Å². The minimum Gasteiger partial charge on any atom is -0.394 e. The highest BCUT2D eigenvalue weighted by atomic mass is 32.1. The number of aliphatic hydroxyl groups is 4. The third-order valence-corrected chi connectivity index (χ3v) is 7.13. The summed E-state index contributed by atoms with van der Waals surface area (Å²) in [6, 6.07) is 0. The molecule has 0 radical (unpaired) electrons. The molecule has 4 N–H and O–H groups in total. The quantitative estimate of drug-likeness (QED) is 0.365. The Kier molecular flexibility index (Phi) is 6.48. The van der Waals surface area contributed by atoms with Gasteiger partial charge in [0.25, 0.3) is 0 Å². The molecular formula is C19H20N4O6S2. The summed E-state index contributed by atoms with van der Waals surface area (Å²) in [5, 5.41) is 40.5. The molecule has 0 aliphatic carbocycles. The molecule has 12 heteroatoms. The summed E-state index contributed by atoms with van der Waals surface area (Å²) in [7, 11) is 0. The first-order chi connectivity index (χ1) is 14.9. The van der Waals surface area contributed by atoms with Gasteiger partial charge in [0, 0.05) is 25.0 Å². The molecule has 0 spiro atoms. The van der Waals surface area contributed by atoms with Gasteiger partial charge in [-0.3, -0.25) is 14.8 Å². The van der Waals surface area contributed by atoms with E-state index in [-0.39, 0.29) is 12.2 Å². The van der Waals surface area contributed by atoms with Gasteiger partial charge in [-0.25, -0.2) is 9.97 Å². The van der Waals surface area contributed by atoms with Crippen LogP contribution >= 0.6 is 22.7 Å². The van der Waals surface area contributed by atoms with Crippen molar-refractivity contribution in [3.05, 3.63) is 45.2 Å². The van der Waals surface area contributed by atoms with Gasteiger partial charge in [-0.1, -0.05) is 0 Å². The number of ether oxygens (including phenoxy) is 1. The summed E-state index contributed by atoms with van der Waals surface area (Å²) >= 11 is 2.38. The Morgan fingerprint density at radius 2 is 1.84 bits per heavy atom. The minimum atomic E-state index is -1.45. The van der Waals surface area contributed by atoms with Crippen LogP contribution in [0.25, 0.3) is 10.7 Å². The highest BCUT2D eigenvalue weighted by molar-refractivity contribution is 7.19. The van der Waals surface area contributed by atoms with Crippen molar-refractivity contribution >= 4 is 28.5 Å². The Morgan fingerprint density at radius 1 is 1.06 bits per heavy atom. The van der Waals surface area contributed by atoms with Crippen LogP contribution in [0, 0.1) is 6.92 Å². The fourth-order valence-electron chi connectivity index (χ4n) is 3.27. The maximum Gasteiger partial charge on any atom is 0.216 e. The van der Waals surface area contributed by atoms with Crippen molar-refractivity contribution in [3.63, 3.8) is 0 Å². The summed E-state index contributed by atoms with van der Waals surface area (Å²) in [6.07, 6.45) is 0.198. The molecule has 1 aliphatic heterocycles. The zero-order valence-corrected chi connectivity index (χ0v) is 18.0. The molecule has 0 saturated carbocycles. The fraction of sp³-hybridized carbons (Fsp3) is 0.421. The van der Waals surface area contributed by atoms with Crippen molar-refractivity contribution in [2.45, 2.75) is 43.9 Å². The van der Waals surface area contributed by atoms with Gasteiger partial charge in [-0.2, -0.15) is 0 Å². The summed E-state index contributed by atoms with van der Waals surface area (Å²) in [5.41, 5.74) is 1.17. The minimum absolute atomic E-state index is 0.117. The zero-order chi connectivity index (χ0) is 22.1. The molecule has 0 aromatic carbocycles. The predicted molar refractivity (Wildman–Crippen MR) is 111 cm³/mol. The summed E-state index contributed by atoms with van der Waals surface area (Å²) < 4.78 is 5.51. The van der Waals surface area contributed by atoms with Gasteiger partial charge < -0.3 is 25.2 Å². The van der Waals surface area contributed by atoms with Crippen molar-refractivity contribution in [2.75, 3.05) is 6.61 Å². The number of aromatic nitrogens is 4. The van der Waals surface area contributed by atoms with E-state index in [1.165, 1.54) is 17.5 Å². The van der Waals surface area contributed by atoms with Gasteiger partial charge >= 0.3 is 0 Å². The van der Waals surface area contributed by atoms with Crippen LogP contribution < -0.4 is 0 Å². The van der Waals surface area contributed by atoms with Crippen LogP contribution in [0.1, 0.15) is 25.3 Å². The first kappa shape index (κ1) is 22.0. The van der Waals surface area contributed by atoms with Gasteiger partial charge in [-0.05, 0) is 6.92 Å². The lowest BCUT2D eigenvalue weighted by molar-refractivity contribution is -0.228. The fourth-order valence-corrected chi connectivity index (χ4v) is 5.22. The Morgan fingerprint density at radius 3 is 2.55 bits per heavy atom. The molecule has 1 aliphatic rings. The number of hydrogen-bond donors (Lipinski definition) is 4. The first-order valence-electron chi connectivity index (χ1n) is 9.42. The van der Waals surface area contributed by atoms with E-state index >= 15 is 0 Å². The highest BCUT2D eigenvalue weighted by Crippen LogP contribution is 2.30. The van der Waals surface area contributed by atoms with Crippen molar-refractivity contribution in [1.29, 1.82) is 0 Å². The lowest BCUT2D eigenvalue weighted by Gasteiger charge is -2.39. The van der Waals surface area contributed by atoms with E-state index in [4.69, 9.17) is 4.74 Å².